The first-order chi connectivity index (χ1) is 8.24. The van der Waals surface area contributed by atoms with E-state index in [-0.39, 0.29) is 0 Å². The second-order valence-corrected chi connectivity index (χ2v) is 4.81. The van der Waals surface area contributed by atoms with Gasteiger partial charge in [-0.15, -0.1) is 0 Å². The van der Waals surface area contributed by atoms with E-state index in [9.17, 15) is 0 Å². The third-order valence-electron chi connectivity index (χ3n) is 3.14. The van der Waals surface area contributed by atoms with Crippen molar-refractivity contribution < 1.29 is 0 Å². The zero-order valence-corrected chi connectivity index (χ0v) is 12.6. The molecule has 0 aliphatic rings. The highest BCUT2D eigenvalue weighted by molar-refractivity contribution is 9.08. The fourth-order valence-electron chi connectivity index (χ4n) is 1.79. The number of halogens is 1. The van der Waals surface area contributed by atoms with Crippen molar-refractivity contribution in [2.45, 2.75) is 38.9 Å². The van der Waals surface area contributed by atoms with Gasteiger partial charge >= 0.3 is 0 Å². The fraction of sp³-hybridized carbons (Fsp3) is 0.692. The first-order valence-electron chi connectivity index (χ1n) is 6.36. The second-order valence-electron chi connectivity index (χ2n) is 4.25. The number of rotatable bonds is 7. The lowest BCUT2D eigenvalue weighted by atomic mass is 10.0. The Labute approximate surface area is 113 Å². The third kappa shape index (κ3) is 4.26. The SMILES string of the molecule is CCC(CC)CN(CC)c1ncc(CBr)cn1. The van der Waals surface area contributed by atoms with E-state index in [4.69, 9.17) is 0 Å². The van der Waals surface area contributed by atoms with Crippen LogP contribution in [0.1, 0.15) is 39.2 Å². The van der Waals surface area contributed by atoms with Gasteiger partial charge in [0.1, 0.15) is 0 Å². The minimum absolute atomic E-state index is 0.731. The van der Waals surface area contributed by atoms with E-state index >= 15 is 0 Å². The number of hydrogen-bond acceptors (Lipinski definition) is 3. The summed E-state index contributed by atoms with van der Waals surface area (Å²) in [5.74, 6) is 1.58. The molecule has 1 aromatic heterocycles. The highest BCUT2D eigenvalue weighted by Crippen LogP contribution is 2.14. The Morgan fingerprint density at radius 1 is 1.18 bits per heavy atom. The van der Waals surface area contributed by atoms with Crippen LogP contribution in [-0.2, 0) is 5.33 Å². The molecule has 0 saturated carbocycles. The van der Waals surface area contributed by atoms with E-state index in [1.165, 1.54) is 12.8 Å². The molecule has 1 aromatic rings. The average molecular weight is 300 g/mol. The van der Waals surface area contributed by atoms with E-state index in [1.54, 1.807) is 0 Å². The van der Waals surface area contributed by atoms with Crippen LogP contribution >= 0.6 is 15.9 Å². The summed E-state index contributed by atoms with van der Waals surface area (Å²) < 4.78 is 0. The van der Waals surface area contributed by atoms with Crippen LogP contribution in [-0.4, -0.2) is 23.1 Å². The molecule has 1 rings (SSSR count). The summed E-state index contributed by atoms with van der Waals surface area (Å²) in [7, 11) is 0. The molecule has 0 aromatic carbocycles. The van der Waals surface area contributed by atoms with Gasteiger partial charge in [-0.1, -0.05) is 42.6 Å². The molecule has 0 unspecified atom stereocenters. The number of alkyl halides is 1. The molecule has 17 heavy (non-hydrogen) atoms. The first-order valence-corrected chi connectivity index (χ1v) is 7.49. The Bertz CT molecular complexity index is 309. The molecule has 0 aliphatic heterocycles. The lowest BCUT2D eigenvalue weighted by Gasteiger charge is -2.25. The molecule has 0 amide bonds. The maximum Gasteiger partial charge on any atom is 0.225 e. The molecule has 4 heteroatoms. The van der Waals surface area contributed by atoms with Crippen LogP contribution in [0.2, 0.25) is 0 Å². The smallest absolute Gasteiger partial charge is 0.225 e. The Morgan fingerprint density at radius 2 is 1.76 bits per heavy atom. The molecule has 0 radical (unpaired) electrons. The van der Waals surface area contributed by atoms with Gasteiger partial charge in [-0.25, -0.2) is 9.97 Å². The van der Waals surface area contributed by atoms with E-state index in [0.717, 1.165) is 35.8 Å². The topological polar surface area (TPSA) is 29.0 Å². The van der Waals surface area contributed by atoms with Crippen molar-refractivity contribution in [1.29, 1.82) is 0 Å². The van der Waals surface area contributed by atoms with Crippen molar-refractivity contribution in [3.05, 3.63) is 18.0 Å². The van der Waals surface area contributed by atoms with Gasteiger partial charge in [-0.05, 0) is 18.4 Å². The molecule has 0 saturated heterocycles. The van der Waals surface area contributed by atoms with Gasteiger partial charge in [0, 0.05) is 30.8 Å². The Hall–Kier alpha value is -0.640. The summed E-state index contributed by atoms with van der Waals surface area (Å²) in [5, 5.41) is 0.811. The highest BCUT2D eigenvalue weighted by Gasteiger charge is 2.12. The standard InChI is InChI=1S/C13H22BrN3/c1-4-11(5-2)10-17(6-3)13-15-8-12(7-14)9-16-13/h8-9,11H,4-7,10H2,1-3H3. The maximum absolute atomic E-state index is 4.43. The van der Waals surface area contributed by atoms with Crippen LogP contribution in [0.25, 0.3) is 0 Å². The average Bonchev–Trinajstić information content (AvgIpc) is 2.40. The molecule has 3 nitrogen and oxygen atoms in total. The van der Waals surface area contributed by atoms with Crippen molar-refractivity contribution in [2.75, 3.05) is 18.0 Å². The molecule has 0 bridgehead atoms. The van der Waals surface area contributed by atoms with Gasteiger partial charge in [0.2, 0.25) is 5.95 Å². The largest absolute Gasteiger partial charge is 0.341 e. The van der Waals surface area contributed by atoms with Crippen molar-refractivity contribution in [2.24, 2.45) is 5.92 Å². The van der Waals surface area contributed by atoms with E-state index in [0.29, 0.717) is 0 Å². The molecule has 0 atom stereocenters. The van der Waals surface area contributed by atoms with Crippen LogP contribution in [0.15, 0.2) is 12.4 Å². The van der Waals surface area contributed by atoms with E-state index in [2.05, 4.69) is 51.6 Å². The molecule has 0 aliphatic carbocycles. The van der Waals surface area contributed by atoms with Crippen molar-refractivity contribution in [3.8, 4) is 0 Å². The minimum atomic E-state index is 0.731. The second kappa shape index (κ2) is 7.64. The lowest BCUT2D eigenvalue weighted by molar-refractivity contribution is 0.482. The predicted octanol–water partition coefficient (Wildman–Crippen LogP) is 3.63. The molecular weight excluding hydrogens is 278 g/mol. The lowest BCUT2D eigenvalue weighted by Crippen LogP contribution is -2.30. The molecule has 0 N–H and O–H groups in total. The molecule has 96 valence electrons. The zero-order chi connectivity index (χ0) is 12.7. The monoisotopic (exact) mass is 299 g/mol. The number of hydrogen-bond donors (Lipinski definition) is 0. The Balaban J connectivity index is 2.71. The summed E-state index contributed by atoms with van der Waals surface area (Å²) in [6.45, 7) is 8.67. The molecule has 0 spiro atoms. The van der Waals surface area contributed by atoms with Gasteiger partial charge in [-0.3, -0.25) is 0 Å². The van der Waals surface area contributed by atoms with Crippen LogP contribution in [0.5, 0.6) is 0 Å². The summed E-state index contributed by atoms with van der Waals surface area (Å²) in [5.41, 5.74) is 1.12. The summed E-state index contributed by atoms with van der Waals surface area (Å²) in [6.07, 6.45) is 6.22. The quantitative estimate of drug-likeness (QED) is 0.720. The van der Waals surface area contributed by atoms with E-state index < -0.39 is 0 Å². The zero-order valence-electron chi connectivity index (χ0n) is 11.0. The number of aromatic nitrogens is 2. The van der Waals surface area contributed by atoms with Gasteiger partial charge in [-0.2, -0.15) is 0 Å². The van der Waals surface area contributed by atoms with Gasteiger partial charge in [0.15, 0.2) is 0 Å². The highest BCUT2D eigenvalue weighted by atomic mass is 79.9. The van der Waals surface area contributed by atoms with E-state index in [1.807, 2.05) is 12.4 Å². The van der Waals surface area contributed by atoms with Gasteiger partial charge in [0.05, 0.1) is 0 Å². The maximum atomic E-state index is 4.43. The summed E-state index contributed by atoms with van der Waals surface area (Å²) in [6, 6.07) is 0. The van der Waals surface area contributed by atoms with Crippen LogP contribution in [0.3, 0.4) is 0 Å². The van der Waals surface area contributed by atoms with Gasteiger partial charge in [0.25, 0.3) is 0 Å². The normalized spacial score (nSPS) is 10.9. The van der Waals surface area contributed by atoms with Crippen molar-refractivity contribution in [1.82, 2.24) is 9.97 Å². The minimum Gasteiger partial charge on any atom is -0.341 e. The van der Waals surface area contributed by atoms with Crippen LogP contribution in [0, 0.1) is 5.92 Å². The van der Waals surface area contributed by atoms with Crippen molar-refractivity contribution >= 4 is 21.9 Å². The van der Waals surface area contributed by atoms with Crippen molar-refractivity contribution in [3.63, 3.8) is 0 Å². The molecule has 0 fully saturated rings. The Morgan fingerprint density at radius 3 is 2.18 bits per heavy atom. The predicted molar refractivity (Wildman–Crippen MR) is 76.6 cm³/mol. The van der Waals surface area contributed by atoms with Gasteiger partial charge < -0.3 is 4.90 Å². The summed E-state index contributed by atoms with van der Waals surface area (Å²) in [4.78, 5) is 11.1. The third-order valence-corrected chi connectivity index (χ3v) is 3.79. The first kappa shape index (κ1) is 14.4. The fourth-order valence-corrected chi connectivity index (χ4v) is 2.08. The number of anilines is 1. The van der Waals surface area contributed by atoms with Crippen LogP contribution in [0.4, 0.5) is 5.95 Å². The molecular formula is C13H22BrN3. The molecule has 1 heterocycles. The summed E-state index contributed by atoms with van der Waals surface area (Å²) >= 11 is 3.41. The van der Waals surface area contributed by atoms with Crippen LogP contribution < -0.4 is 4.90 Å². The number of nitrogens with zero attached hydrogens (tertiary/aromatic N) is 3. The Kier molecular flexibility index (Phi) is 6.48.